The van der Waals surface area contributed by atoms with Gasteiger partial charge in [-0.3, -0.25) is 0 Å². The highest BCUT2D eigenvalue weighted by Gasteiger charge is 2.23. The van der Waals surface area contributed by atoms with Gasteiger partial charge in [0.25, 0.3) is 0 Å². The maximum Gasteiger partial charge on any atom is 0.0769 e. The quantitative estimate of drug-likeness (QED) is 0.816. The minimum absolute atomic E-state index is 0.531. The van der Waals surface area contributed by atoms with E-state index in [1.54, 1.807) is 6.20 Å². The average Bonchev–Trinajstić information content (AvgIpc) is 2.49. The van der Waals surface area contributed by atoms with E-state index < -0.39 is 0 Å². The third kappa shape index (κ3) is 4.08. The van der Waals surface area contributed by atoms with Crippen molar-refractivity contribution < 1.29 is 0 Å². The Morgan fingerprint density at radius 3 is 3.00 bits per heavy atom. The van der Waals surface area contributed by atoms with Crippen molar-refractivity contribution in [2.45, 2.75) is 58.5 Å². The molecule has 1 fully saturated rings. The lowest BCUT2D eigenvalue weighted by atomic mass is 9.85. The molecule has 1 atom stereocenters. The molecule has 1 aliphatic rings. The number of nitrogens with zero attached hydrogens (tertiary/aromatic N) is 2. The second-order valence-electron chi connectivity index (χ2n) is 5.89. The maximum atomic E-state index is 4.10. The van der Waals surface area contributed by atoms with Gasteiger partial charge in [0.2, 0.25) is 0 Å². The van der Waals surface area contributed by atoms with Gasteiger partial charge in [-0.25, -0.2) is 0 Å². The Balaban J connectivity index is 1.80. The van der Waals surface area contributed by atoms with E-state index in [1.165, 1.54) is 32.1 Å². The third-order valence-corrected chi connectivity index (χ3v) is 3.78. The molecule has 0 aromatic carbocycles. The van der Waals surface area contributed by atoms with Gasteiger partial charge in [0, 0.05) is 18.8 Å². The van der Waals surface area contributed by atoms with Crippen LogP contribution in [0.15, 0.2) is 18.3 Å². The molecular weight excluding hydrogens is 210 g/mol. The molecule has 1 unspecified atom stereocenters. The highest BCUT2D eigenvalue weighted by atomic mass is 15.1. The van der Waals surface area contributed by atoms with E-state index in [1.807, 2.05) is 12.1 Å². The van der Waals surface area contributed by atoms with E-state index in [9.17, 15) is 0 Å². The Morgan fingerprint density at radius 1 is 1.35 bits per heavy atom. The predicted molar refractivity (Wildman–Crippen MR) is 69.5 cm³/mol. The van der Waals surface area contributed by atoms with Gasteiger partial charge in [0.15, 0.2) is 0 Å². The Labute approximate surface area is 104 Å². The number of hydrogen-bond donors (Lipinski definition) is 1. The minimum Gasteiger partial charge on any atom is -0.308 e. The molecule has 3 nitrogen and oxygen atoms in total. The summed E-state index contributed by atoms with van der Waals surface area (Å²) in [4.78, 5) is 0. The molecule has 1 aliphatic carbocycles. The summed E-state index contributed by atoms with van der Waals surface area (Å²) in [6.07, 6.45) is 8.32. The van der Waals surface area contributed by atoms with Crippen molar-refractivity contribution in [2.75, 3.05) is 0 Å². The summed E-state index contributed by atoms with van der Waals surface area (Å²) in [5.74, 6) is 0. The molecule has 1 saturated carbocycles. The molecule has 0 radical (unpaired) electrons. The van der Waals surface area contributed by atoms with Gasteiger partial charge in [-0.1, -0.05) is 20.3 Å². The van der Waals surface area contributed by atoms with Gasteiger partial charge in [0.1, 0.15) is 0 Å². The summed E-state index contributed by atoms with van der Waals surface area (Å²) in [7, 11) is 0. The summed E-state index contributed by atoms with van der Waals surface area (Å²) in [5, 5.41) is 11.6. The lowest BCUT2D eigenvalue weighted by Gasteiger charge is -2.22. The normalized spacial score (nSPS) is 24.2. The fraction of sp³-hybridized carbons (Fsp3) is 0.714. The van der Waals surface area contributed by atoms with Crippen LogP contribution in [-0.2, 0) is 6.54 Å². The zero-order chi connectivity index (χ0) is 12.1. The van der Waals surface area contributed by atoms with E-state index in [0.29, 0.717) is 11.5 Å². The monoisotopic (exact) mass is 233 g/mol. The Hall–Kier alpha value is -0.960. The zero-order valence-corrected chi connectivity index (χ0v) is 10.9. The first-order valence-electron chi connectivity index (χ1n) is 6.66. The smallest absolute Gasteiger partial charge is 0.0769 e. The van der Waals surface area contributed by atoms with Crippen LogP contribution in [0.4, 0.5) is 0 Å². The van der Waals surface area contributed by atoms with Crippen LogP contribution in [0.2, 0.25) is 0 Å². The molecule has 0 amide bonds. The van der Waals surface area contributed by atoms with Crippen LogP contribution >= 0.6 is 0 Å². The van der Waals surface area contributed by atoms with Gasteiger partial charge in [-0.05, 0) is 43.2 Å². The summed E-state index contributed by atoms with van der Waals surface area (Å²) < 4.78 is 0. The zero-order valence-electron chi connectivity index (χ0n) is 10.9. The second-order valence-corrected chi connectivity index (χ2v) is 5.89. The first kappa shape index (κ1) is 12.5. The highest BCUT2D eigenvalue weighted by Crippen LogP contribution is 2.33. The second kappa shape index (κ2) is 5.58. The SMILES string of the molecule is CC1(C)CCCC(NCc2cccnn2)CC1. The van der Waals surface area contributed by atoms with Crippen LogP contribution < -0.4 is 5.32 Å². The molecule has 1 aromatic rings. The van der Waals surface area contributed by atoms with Crippen LogP contribution in [0.5, 0.6) is 0 Å². The van der Waals surface area contributed by atoms with Gasteiger partial charge < -0.3 is 5.32 Å². The average molecular weight is 233 g/mol. The van der Waals surface area contributed by atoms with Crippen LogP contribution in [0.1, 0.15) is 51.6 Å². The molecule has 17 heavy (non-hydrogen) atoms. The standard InChI is InChI=1S/C14H23N3/c1-14(2)8-3-5-12(7-9-14)15-11-13-6-4-10-16-17-13/h4,6,10,12,15H,3,5,7-9,11H2,1-2H3. The van der Waals surface area contributed by atoms with Crippen molar-refractivity contribution in [3.8, 4) is 0 Å². The number of rotatable bonds is 3. The fourth-order valence-corrected chi connectivity index (χ4v) is 2.54. The van der Waals surface area contributed by atoms with Crippen molar-refractivity contribution in [2.24, 2.45) is 5.41 Å². The van der Waals surface area contributed by atoms with E-state index in [-0.39, 0.29) is 0 Å². The Kier molecular flexibility index (Phi) is 4.11. The Morgan fingerprint density at radius 2 is 2.24 bits per heavy atom. The molecule has 0 saturated heterocycles. The Bertz CT molecular complexity index is 335. The minimum atomic E-state index is 0.531. The van der Waals surface area contributed by atoms with Crippen LogP contribution in [0, 0.1) is 5.41 Å². The van der Waals surface area contributed by atoms with Crippen molar-refractivity contribution in [1.29, 1.82) is 0 Å². The molecule has 0 bridgehead atoms. The molecular formula is C14H23N3. The summed E-state index contributed by atoms with van der Waals surface area (Å²) >= 11 is 0. The largest absolute Gasteiger partial charge is 0.308 e. The van der Waals surface area contributed by atoms with Crippen LogP contribution in [-0.4, -0.2) is 16.2 Å². The lowest BCUT2D eigenvalue weighted by Crippen LogP contribution is -2.28. The van der Waals surface area contributed by atoms with Crippen molar-refractivity contribution in [3.63, 3.8) is 0 Å². The molecule has 1 aromatic heterocycles. The molecule has 94 valence electrons. The lowest BCUT2D eigenvalue weighted by molar-refractivity contribution is 0.309. The highest BCUT2D eigenvalue weighted by molar-refractivity contribution is 4.98. The molecule has 0 aliphatic heterocycles. The summed E-state index contributed by atoms with van der Waals surface area (Å²) in [5.41, 5.74) is 1.57. The van der Waals surface area contributed by atoms with Crippen molar-refractivity contribution in [3.05, 3.63) is 24.0 Å². The van der Waals surface area contributed by atoms with Crippen molar-refractivity contribution in [1.82, 2.24) is 15.5 Å². The summed E-state index contributed by atoms with van der Waals surface area (Å²) in [6.45, 7) is 5.62. The number of hydrogen-bond acceptors (Lipinski definition) is 3. The van der Waals surface area contributed by atoms with Gasteiger partial charge in [-0.2, -0.15) is 10.2 Å². The van der Waals surface area contributed by atoms with E-state index in [4.69, 9.17) is 0 Å². The van der Waals surface area contributed by atoms with E-state index in [2.05, 4.69) is 29.4 Å². The summed E-state index contributed by atoms with van der Waals surface area (Å²) in [6, 6.07) is 4.62. The molecule has 3 heteroatoms. The van der Waals surface area contributed by atoms with Gasteiger partial charge >= 0.3 is 0 Å². The predicted octanol–water partition coefficient (Wildman–Crippen LogP) is 2.93. The van der Waals surface area contributed by atoms with E-state index >= 15 is 0 Å². The topological polar surface area (TPSA) is 37.8 Å². The first-order valence-corrected chi connectivity index (χ1v) is 6.66. The number of nitrogens with one attached hydrogen (secondary N) is 1. The first-order chi connectivity index (χ1) is 8.16. The maximum absolute atomic E-state index is 4.10. The van der Waals surface area contributed by atoms with Crippen LogP contribution in [0.3, 0.4) is 0 Å². The third-order valence-electron chi connectivity index (χ3n) is 3.78. The fourth-order valence-electron chi connectivity index (χ4n) is 2.54. The van der Waals surface area contributed by atoms with Gasteiger partial charge in [0.05, 0.1) is 5.69 Å². The van der Waals surface area contributed by atoms with Crippen molar-refractivity contribution >= 4 is 0 Å². The van der Waals surface area contributed by atoms with Crippen LogP contribution in [0.25, 0.3) is 0 Å². The molecule has 1 heterocycles. The number of aromatic nitrogens is 2. The van der Waals surface area contributed by atoms with E-state index in [0.717, 1.165) is 12.2 Å². The molecule has 0 spiro atoms. The van der Waals surface area contributed by atoms with Gasteiger partial charge in [-0.15, -0.1) is 0 Å². The molecule has 1 N–H and O–H groups in total. The molecule has 2 rings (SSSR count).